The Hall–Kier alpha value is -2.57. The van der Waals surface area contributed by atoms with Crippen molar-refractivity contribution >= 4 is 17.8 Å². The Morgan fingerprint density at radius 3 is 2.55 bits per heavy atom. The Bertz CT molecular complexity index is 542. The fourth-order valence-corrected chi connectivity index (χ4v) is 1.64. The highest BCUT2D eigenvalue weighted by molar-refractivity contribution is 5.99. The van der Waals surface area contributed by atoms with E-state index in [-0.39, 0.29) is 5.56 Å². The van der Waals surface area contributed by atoms with E-state index < -0.39 is 30.2 Å². The lowest BCUT2D eigenvalue weighted by Gasteiger charge is -2.14. The van der Waals surface area contributed by atoms with Gasteiger partial charge in [0.2, 0.25) is 5.91 Å². The molecule has 0 radical (unpaired) electrons. The van der Waals surface area contributed by atoms with Crippen LogP contribution < -0.4 is 15.8 Å². The second-order valence-electron chi connectivity index (χ2n) is 4.24. The van der Waals surface area contributed by atoms with Crippen molar-refractivity contribution in [2.45, 2.75) is 19.4 Å². The highest BCUT2D eigenvalue weighted by Gasteiger charge is 2.24. The van der Waals surface area contributed by atoms with Gasteiger partial charge in [-0.15, -0.1) is 0 Å². The number of amides is 2. The normalized spacial score (nSPS) is 11.5. The van der Waals surface area contributed by atoms with Crippen molar-refractivity contribution in [3.63, 3.8) is 0 Å². The van der Waals surface area contributed by atoms with E-state index in [1.54, 1.807) is 25.1 Å². The first kappa shape index (κ1) is 15.5. The standard InChI is InChI=1S/C13H16N2O5/c1-7-3-4-10(20-2)8(5-7)12(17)15-9(13(18)19)6-11(14)16/h3-5,9H,6H2,1-2H3,(H2,14,16)(H,15,17)(H,18,19). The number of carboxylic acid groups (broad SMARTS) is 1. The van der Waals surface area contributed by atoms with Gasteiger partial charge in [-0.1, -0.05) is 11.6 Å². The van der Waals surface area contributed by atoms with Crippen LogP contribution in [0.3, 0.4) is 0 Å². The molecule has 0 fully saturated rings. The van der Waals surface area contributed by atoms with Crippen LogP contribution in [0, 0.1) is 6.92 Å². The number of carbonyl (C=O) groups is 3. The third-order valence-corrected chi connectivity index (χ3v) is 2.61. The van der Waals surface area contributed by atoms with Crippen molar-refractivity contribution in [3.8, 4) is 5.75 Å². The maximum Gasteiger partial charge on any atom is 0.326 e. The predicted octanol–water partition coefficient (Wildman–Crippen LogP) is 0.0620. The highest BCUT2D eigenvalue weighted by Crippen LogP contribution is 2.19. The van der Waals surface area contributed by atoms with Gasteiger partial charge >= 0.3 is 5.97 Å². The van der Waals surface area contributed by atoms with E-state index in [2.05, 4.69) is 5.32 Å². The summed E-state index contributed by atoms with van der Waals surface area (Å²) in [5.41, 5.74) is 5.96. The minimum Gasteiger partial charge on any atom is -0.496 e. The van der Waals surface area contributed by atoms with E-state index in [9.17, 15) is 14.4 Å². The summed E-state index contributed by atoms with van der Waals surface area (Å²) in [4.78, 5) is 33.8. The van der Waals surface area contributed by atoms with Crippen LogP contribution in [0.4, 0.5) is 0 Å². The van der Waals surface area contributed by atoms with Gasteiger partial charge in [-0.3, -0.25) is 9.59 Å². The summed E-state index contributed by atoms with van der Waals surface area (Å²) in [5, 5.41) is 11.2. The van der Waals surface area contributed by atoms with E-state index in [4.69, 9.17) is 15.6 Å². The molecule has 0 saturated carbocycles. The van der Waals surface area contributed by atoms with Crippen molar-refractivity contribution in [1.29, 1.82) is 0 Å². The Labute approximate surface area is 115 Å². The number of primary amides is 1. The number of nitrogens with two attached hydrogens (primary N) is 1. The number of rotatable bonds is 6. The Morgan fingerprint density at radius 2 is 2.05 bits per heavy atom. The topological polar surface area (TPSA) is 119 Å². The third-order valence-electron chi connectivity index (χ3n) is 2.61. The molecular weight excluding hydrogens is 264 g/mol. The quantitative estimate of drug-likeness (QED) is 0.681. The summed E-state index contributed by atoms with van der Waals surface area (Å²) < 4.78 is 5.04. The molecule has 0 aliphatic heterocycles. The molecule has 20 heavy (non-hydrogen) atoms. The van der Waals surface area contributed by atoms with Crippen LogP contribution in [-0.2, 0) is 9.59 Å². The molecule has 0 heterocycles. The summed E-state index contributed by atoms with van der Waals surface area (Å²) in [7, 11) is 1.40. The van der Waals surface area contributed by atoms with Crippen molar-refractivity contribution in [2.24, 2.45) is 5.73 Å². The molecule has 2 amide bonds. The molecule has 0 saturated heterocycles. The van der Waals surface area contributed by atoms with E-state index in [0.29, 0.717) is 5.75 Å². The predicted molar refractivity (Wildman–Crippen MR) is 70.4 cm³/mol. The molecule has 1 rings (SSSR count). The van der Waals surface area contributed by atoms with Crippen LogP contribution in [0.1, 0.15) is 22.3 Å². The van der Waals surface area contributed by atoms with Crippen molar-refractivity contribution < 1.29 is 24.2 Å². The first-order valence-corrected chi connectivity index (χ1v) is 5.81. The van der Waals surface area contributed by atoms with Gasteiger partial charge in [-0.25, -0.2) is 4.79 Å². The summed E-state index contributed by atoms with van der Waals surface area (Å²) in [5.74, 6) is -2.46. The number of ether oxygens (including phenoxy) is 1. The molecule has 108 valence electrons. The van der Waals surface area contributed by atoms with Crippen molar-refractivity contribution in [1.82, 2.24) is 5.32 Å². The van der Waals surface area contributed by atoms with Crippen LogP contribution in [0.5, 0.6) is 5.75 Å². The second-order valence-corrected chi connectivity index (χ2v) is 4.24. The second kappa shape index (κ2) is 6.55. The summed E-state index contributed by atoms with van der Waals surface area (Å²) >= 11 is 0. The van der Waals surface area contributed by atoms with Gasteiger partial charge in [-0.05, 0) is 19.1 Å². The largest absolute Gasteiger partial charge is 0.496 e. The highest BCUT2D eigenvalue weighted by atomic mass is 16.5. The van der Waals surface area contributed by atoms with Crippen LogP contribution in [0.15, 0.2) is 18.2 Å². The minimum absolute atomic E-state index is 0.197. The van der Waals surface area contributed by atoms with Gasteiger partial charge in [0.15, 0.2) is 0 Å². The van der Waals surface area contributed by atoms with Gasteiger partial charge in [0, 0.05) is 0 Å². The van der Waals surface area contributed by atoms with Gasteiger partial charge in [0.25, 0.3) is 5.91 Å². The van der Waals surface area contributed by atoms with Gasteiger partial charge in [0.1, 0.15) is 11.8 Å². The molecule has 1 aromatic rings. The molecule has 7 heteroatoms. The number of hydrogen-bond acceptors (Lipinski definition) is 4. The Balaban J connectivity index is 2.96. The number of benzene rings is 1. The van der Waals surface area contributed by atoms with E-state index in [0.717, 1.165) is 5.56 Å². The molecule has 7 nitrogen and oxygen atoms in total. The number of nitrogens with one attached hydrogen (secondary N) is 1. The van der Waals surface area contributed by atoms with Crippen LogP contribution in [0.2, 0.25) is 0 Å². The van der Waals surface area contributed by atoms with E-state index >= 15 is 0 Å². The lowest BCUT2D eigenvalue weighted by Crippen LogP contribution is -2.43. The number of methoxy groups -OCH3 is 1. The van der Waals surface area contributed by atoms with Gasteiger partial charge < -0.3 is 20.9 Å². The number of hydrogen-bond donors (Lipinski definition) is 3. The zero-order valence-electron chi connectivity index (χ0n) is 11.2. The average Bonchev–Trinajstić information content (AvgIpc) is 2.37. The number of carbonyl (C=O) groups excluding carboxylic acids is 2. The molecule has 1 aromatic carbocycles. The van der Waals surface area contributed by atoms with Gasteiger partial charge in [-0.2, -0.15) is 0 Å². The smallest absolute Gasteiger partial charge is 0.326 e. The molecule has 0 aliphatic rings. The molecular formula is C13H16N2O5. The fraction of sp³-hybridized carbons (Fsp3) is 0.308. The zero-order chi connectivity index (χ0) is 15.3. The SMILES string of the molecule is COc1ccc(C)cc1C(=O)NC(CC(N)=O)C(=O)O. The molecule has 0 spiro atoms. The lowest BCUT2D eigenvalue weighted by molar-refractivity contribution is -0.140. The Kier molecular flexibility index (Phi) is 5.08. The summed E-state index contributed by atoms with van der Waals surface area (Å²) in [6.45, 7) is 1.79. The van der Waals surface area contributed by atoms with Gasteiger partial charge in [0.05, 0.1) is 19.1 Å². The molecule has 0 aliphatic carbocycles. The molecule has 1 unspecified atom stereocenters. The van der Waals surface area contributed by atoms with E-state index in [1.807, 2.05) is 0 Å². The van der Waals surface area contributed by atoms with Crippen molar-refractivity contribution in [2.75, 3.05) is 7.11 Å². The third kappa shape index (κ3) is 3.98. The molecule has 4 N–H and O–H groups in total. The summed E-state index contributed by atoms with van der Waals surface area (Å²) in [6, 6.07) is 3.56. The first-order valence-electron chi connectivity index (χ1n) is 5.81. The lowest BCUT2D eigenvalue weighted by atomic mass is 10.1. The Morgan fingerprint density at radius 1 is 1.40 bits per heavy atom. The summed E-state index contributed by atoms with van der Waals surface area (Å²) in [6.07, 6.45) is -0.477. The monoisotopic (exact) mass is 280 g/mol. The average molecular weight is 280 g/mol. The maximum atomic E-state index is 12.1. The minimum atomic E-state index is -1.37. The first-order chi connectivity index (χ1) is 9.35. The van der Waals surface area contributed by atoms with Crippen LogP contribution in [0.25, 0.3) is 0 Å². The molecule has 0 bridgehead atoms. The van der Waals surface area contributed by atoms with Crippen molar-refractivity contribution in [3.05, 3.63) is 29.3 Å². The molecule has 0 aromatic heterocycles. The van der Waals surface area contributed by atoms with Crippen LogP contribution in [-0.4, -0.2) is 36.0 Å². The molecule has 1 atom stereocenters. The number of carboxylic acids is 1. The zero-order valence-corrected chi connectivity index (χ0v) is 11.2. The van der Waals surface area contributed by atoms with Crippen LogP contribution >= 0.6 is 0 Å². The van der Waals surface area contributed by atoms with E-state index in [1.165, 1.54) is 7.11 Å². The number of aryl methyl sites for hydroxylation is 1. The number of aliphatic carboxylic acids is 1. The fourth-order valence-electron chi connectivity index (χ4n) is 1.64. The maximum absolute atomic E-state index is 12.1.